The molecule has 0 unspecified atom stereocenters. The molecule has 0 aliphatic rings. The summed E-state index contributed by atoms with van der Waals surface area (Å²) in [6, 6.07) is 7.26. The summed E-state index contributed by atoms with van der Waals surface area (Å²) in [5.41, 5.74) is 7.18. The van der Waals surface area contributed by atoms with Crippen LogP contribution in [0, 0.1) is 0 Å². The van der Waals surface area contributed by atoms with Crippen LogP contribution in [-0.2, 0) is 4.79 Å². The lowest BCUT2D eigenvalue weighted by Gasteiger charge is -2.11. The minimum atomic E-state index is -0.157. The molecular weight excluding hydrogens is 242 g/mol. The highest BCUT2D eigenvalue weighted by atomic mass is 16.5. The molecule has 0 saturated heterocycles. The topological polar surface area (TPSA) is 77.2 Å². The second-order valence-corrected chi connectivity index (χ2v) is 4.56. The summed E-state index contributed by atoms with van der Waals surface area (Å²) in [4.78, 5) is 15.8. The highest BCUT2D eigenvalue weighted by Crippen LogP contribution is 2.27. The van der Waals surface area contributed by atoms with Crippen molar-refractivity contribution < 1.29 is 9.53 Å². The Bertz CT molecular complexity index is 596. The van der Waals surface area contributed by atoms with Crippen LogP contribution in [0.25, 0.3) is 10.9 Å². The maximum atomic E-state index is 11.5. The fraction of sp³-hybridized carbons (Fsp3) is 0.286. The smallest absolute Gasteiger partial charge is 0.258 e. The van der Waals surface area contributed by atoms with Crippen molar-refractivity contribution in [2.45, 2.75) is 19.9 Å². The van der Waals surface area contributed by atoms with E-state index in [4.69, 9.17) is 10.5 Å². The summed E-state index contributed by atoms with van der Waals surface area (Å²) in [5.74, 6) is 0.402. The van der Waals surface area contributed by atoms with Gasteiger partial charge < -0.3 is 15.8 Å². The molecule has 0 aliphatic heterocycles. The first-order valence-electron chi connectivity index (χ1n) is 6.13. The van der Waals surface area contributed by atoms with Gasteiger partial charge in [0.15, 0.2) is 6.61 Å². The van der Waals surface area contributed by atoms with Crippen LogP contribution in [-0.4, -0.2) is 23.5 Å². The molecule has 19 heavy (non-hydrogen) atoms. The maximum Gasteiger partial charge on any atom is 0.258 e. The van der Waals surface area contributed by atoms with Crippen molar-refractivity contribution in [2.24, 2.45) is 0 Å². The Balaban J connectivity index is 2.17. The Morgan fingerprint density at radius 1 is 1.42 bits per heavy atom. The average Bonchev–Trinajstić information content (AvgIpc) is 2.37. The normalized spacial score (nSPS) is 10.7. The van der Waals surface area contributed by atoms with Crippen LogP contribution in [0.3, 0.4) is 0 Å². The third kappa shape index (κ3) is 3.13. The van der Waals surface area contributed by atoms with Gasteiger partial charge in [0.05, 0.1) is 0 Å². The summed E-state index contributed by atoms with van der Waals surface area (Å²) in [6.45, 7) is 3.77. The molecule has 0 radical (unpaired) electrons. The van der Waals surface area contributed by atoms with E-state index in [2.05, 4.69) is 10.3 Å². The summed E-state index contributed by atoms with van der Waals surface area (Å²) in [6.07, 6.45) is 1.67. The molecule has 0 aliphatic carbocycles. The minimum Gasteiger partial charge on any atom is -0.481 e. The van der Waals surface area contributed by atoms with Gasteiger partial charge in [-0.15, -0.1) is 0 Å². The van der Waals surface area contributed by atoms with Crippen LogP contribution in [0.2, 0.25) is 0 Å². The third-order valence-corrected chi connectivity index (χ3v) is 2.57. The molecule has 2 aromatic rings. The fourth-order valence-electron chi connectivity index (χ4n) is 1.79. The van der Waals surface area contributed by atoms with E-state index in [0.717, 1.165) is 5.39 Å². The number of rotatable bonds is 4. The lowest BCUT2D eigenvalue weighted by molar-refractivity contribution is -0.123. The summed E-state index contributed by atoms with van der Waals surface area (Å²) in [7, 11) is 0. The Labute approximate surface area is 111 Å². The van der Waals surface area contributed by atoms with E-state index in [-0.39, 0.29) is 18.6 Å². The third-order valence-electron chi connectivity index (χ3n) is 2.57. The Morgan fingerprint density at radius 2 is 2.21 bits per heavy atom. The Hall–Kier alpha value is -2.30. The van der Waals surface area contributed by atoms with Gasteiger partial charge in [0.25, 0.3) is 5.91 Å². The molecule has 1 aromatic carbocycles. The van der Waals surface area contributed by atoms with E-state index < -0.39 is 0 Å². The van der Waals surface area contributed by atoms with Gasteiger partial charge in [0.1, 0.15) is 11.3 Å². The number of benzene rings is 1. The van der Waals surface area contributed by atoms with Crippen LogP contribution < -0.4 is 15.8 Å². The number of hydrogen-bond acceptors (Lipinski definition) is 4. The van der Waals surface area contributed by atoms with E-state index in [1.54, 1.807) is 18.3 Å². The van der Waals surface area contributed by atoms with Gasteiger partial charge in [-0.1, -0.05) is 0 Å². The predicted octanol–water partition coefficient (Wildman–Crippen LogP) is 1.72. The number of anilines is 1. The summed E-state index contributed by atoms with van der Waals surface area (Å²) < 4.78 is 5.51. The molecule has 5 nitrogen and oxygen atoms in total. The zero-order valence-electron chi connectivity index (χ0n) is 11.0. The first kappa shape index (κ1) is 13.1. The zero-order valence-corrected chi connectivity index (χ0v) is 11.0. The van der Waals surface area contributed by atoms with Crippen molar-refractivity contribution in [3.8, 4) is 5.75 Å². The molecule has 1 heterocycles. The monoisotopic (exact) mass is 259 g/mol. The number of nitrogens with two attached hydrogens (primary N) is 1. The molecule has 0 saturated carbocycles. The van der Waals surface area contributed by atoms with Gasteiger partial charge in [-0.2, -0.15) is 0 Å². The van der Waals surface area contributed by atoms with Gasteiger partial charge in [0, 0.05) is 23.3 Å². The van der Waals surface area contributed by atoms with Crippen LogP contribution in [0.4, 0.5) is 5.69 Å². The molecular formula is C14H17N3O2. The largest absolute Gasteiger partial charge is 0.481 e. The number of aromatic nitrogens is 1. The number of hydrogen-bond donors (Lipinski definition) is 2. The molecule has 1 amide bonds. The Morgan fingerprint density at radius 3 is 2.95 bits per heavy atom. The van der Waals surface area contributed by atoms with Gasteiger partial charge in [-0.25, -0.2) is 0 Å². The summed E-state index contributed by atoms with van der Waals surface area (Å²) >= 11 is 0. The summed E-state index contributed by atoms with van der Waals surface area (Å²) in [5, 5.41) is 3.59. The lowest BCUT2D eigenvalue weighted by Crippen LogP contribution is -2.34. The highest BCUT2D eigenvalue weighted by molar-refractivity contribution is 5.94. The quantitative estimate of drug-likeness (QED) is 0.820. The number of pyridine rings is 1. The number of carbonyl (C=O) groups excluding carboxylic acids is 1. The van der Waals surface area contributed by atoms with E-state index in [1.165, 1.54) is 0 Å². The lowest BCUT2D eigenvalue weighted by atomic mass is 10.2. The standard InChI is InChI=1S/C14H17N3O2/c1-9(2)17-13(18)8-19-12-6-5-11(15)10-4-3-7-16-14(10)12/h3-7,9H,8,15H2,1-2H3,(H,17,18). The highest BCUT2D eigenvalue weighted by Gasteiger charge is 2.09. The molecule has 0 fully saturated rings. The molecule has 3 N–H and O–H groups in total. The fourth-order valence-corrected chi connectivity index (χ4v) is 1.79. The van der Waals surface area contributed by atoms with Gasteiger partial charge in [-0.05, 0) is 38.1 Å². The van der Waals surface area contributed by atoms with Crippen LogP contribution in [0.1, 0.15) is 13.8 Å². The Kier molecular flexibility index (Phi) is 3.85. The van der Waals surface area contributed by atoms with Crippen molar-refractivity contribution in [2.75, 3.05) is 12.3 Å². The first-order valence-corrected chi connectivity index (χ1v) is 6.13. The molecule has 0 bridgehead atoms. The van der Waals surface area contributed by atoms with Crippen molar-refractivity contribution in [1.82, 2.24) is 10.3 Å². The van der Waals surface area contributed by atoms with Gasteiger partial charge in [0.2, 0.25) is 0 Å². The molecule has 2 rings (SSSR count). The van der Waals surface area contributed by atoms with Crippen LogP contribution in [0.5, 0.6) is 5.75 Å². The van der Waals surface area contributed by atoms with E-state index >= 15 is 0 Å². The van der Waals surface area contributed by atoms with E-state index in [0.29, 0.717) is 17.0 Å². The van der Waals surface area contributed by atoms with Crippen molar-refractivity contribution in [1.29, 1.82) is 0 Å². The molecule has 5 heteroatoms. The molecule has 100 valence electrons. The maximum absolute atomic E-state index is 11.5. The second-order valence-electron chi connectivity index (χ2n) is 4.56. The van der Waals surface area contributed by atoms with Crippen LogP contribution in [0.15, 0.2) is 30.5 Å². The van der Waals surface area contributed by atoms with Crippen LogP contribution >= 0.6 is 0 Å². The SMILES string of the molecule is CC(C)NC(=O)COc1ccc(N)c2cccnc12. The van der Waals surface area contributed by atoms with E-state index in [1.807, 2.05) is 26.0 Å². The van der Waals surface area contributed by atoms with Crippen molar-refractivity contribution in [3.05, 3.63) is 30.5 Å². The molecule has 0 spiro atoms. The number of amides is 1. The van der Waals surface area contributed by atoms with Gasteiger partial charge in [-0.3, -0.25) is 9.78 Å². The number of ether oxygens (including phenoxy) is 1. The number of fused-ring (bicyclic) bond motifs is 1. The van der Waals surface area contributed by atoms with Crippen molar-refractivity contribution >= 4 is 22.5 Å². The second kappa shape index (κ2) is 5.56. The molecule has 1 aromatic heterocycles. The number of nitrogens with one attached hydrogen (secondary N) is 1. The number of nitrogens with zero attached hydrogens (tertiary/aromatic N) is 1. The van der Waals surface area contributed by atoms with E-state index in [9.17, 15) is 4.79 Å². The van der Waals surface area contributed by atoms with Gasteiger partial charge >= 0.3 is 0 Å². The first-order chi connectivity index (χ1) is 9.08. The number of carbonyl (C=O) groups is 1. The van der Waals surface area contributed by atoms with Crippen molar-refractivity contribution in [3.63, 3.8) is 0 Å². The zero-order chi connectivity index (χ0) is 13.8. The minimum absolute atomic E-state index is 0.0340. The predicted molar refractivity (Wildman–Crippen MR) is 74.9 cm³/mol. The number of nitrogen functional groups attached to an aromatic ring is 1. The average molecular weight is 259 g/mol. The molecule has 0 atom stereocenters.